The molecule has 0 bridgehead atoms. The Morgan fingerprint density at radius 2 is 1.79 bits per heavy atom. The number of sulfonamides is 1. The standard InChI is InChI=1S/C24H33N3O5S/c1-5-6-15-25-24(29)19(2)26(17-20-11-8-7-9-12-20)23(28)18-27(33(4,30)31)21-13-10-14-22(16-21)32-3/h7-14,16,19H,5-6,15,17-18H2,1-4H3,(H,25,29)/t19-/m0/s1. The van der Waals surface area contributed by atoms with Crippen molar-refractivity contribution >= 4 is 27.5 Å². The van der Waals surface area contributed by atoms with Crippen LogP contribution in [0.3, 0.4) is 0 Å². The second kappa shape index (κ2) is 12.2. The van der Waals surface area contributed by atoms with Gasteiger partial charge in [-0.05, 0) is 31.0 Å². The molecule has 8 nitrogen and oxygen atoms in total. The minimum atomic E-state index is -3.78. The molecule has 33 heavy (non-hydrogen) atoms. The Kier molecular flexibility index (Phi) is 9.72. The van der Waals surface area contributed by atoms with Crippen molar-refractivity contribution < 1.29 is 22.7 Å². The fourth-order valence-corrected chi connectivity index (χ4v) is 4.12. The molecule has 2 aromatic carbocycles. The molecule has 0 aliphatic rings. The van der Waals surface area contributed by atoms with Crippen molar-refractivity contribution in [3.8, 4) is 5.75 Å². The zero-order valence-electron chi connectivity index (χ0n) is 19.7. The van der Waals surface area contributed by atoms with Crippen LogP contribution in [0.15, 0.2) is 54.6 Å². The number of amides is 2. The highest BCUT2D eigenvalue weighted by atomic mass is 32.2. The lowest BCUT2D eigenvalue weighted by Gasteiger charge is -2.31. The molecule has 0 radical (unpaired) electrons. The number of nitrogens with zero attached hydrogens (tertiary/aromatic N) is 2. The molecule has 2 aromatic rings. The fourth-order valence-electron chi connectivity index (χ4n) is 3.28. The van der Waals surface area contributed by atoms with Crippen LogP contribution in [0.1, 0.15) is 32.3 Å². The Morgan fingerprint density at radius 3 is 2.39 bits per heavy atom. The summed E-state index contributed by atoms with van der Waals surface area (Å²) in [5, 5.41) is 2.85. The number of carbonyl (C=O) groups excluding carboxylic acids is 2. The Morgan fingerprint density at radius 1 is 1.09 bits per heavy atom. The molecule has 1 N–H and O–H groups in total. The van der Waals surface area contributed by atoms with Crippen molar-refractivity contribution in [1.82, 2.24) is 10.2 Å². The van der Waals surface area contributed by atoms with Crippen molar-refractivity contribution in [3.05, 3.63) is 60.2 Å². The van der Waals surface area contributed by atoms with Crippen molar-refractivity contribution in [1.29, 1.82) is 0 Å². The summed E-state index contributed by atoms with van der Waals surface area (Å²) in [7, 11) is -2.30. The summed E-state index contributed by atoms with van der Waals surface area (Å²) >= 11 is 0. The summed E-state index contributed by atoms with van der Waals surface area (Å²) < 4.78 is 31.3. The molecule has 180 valence electrons. The van der Waals surface area contributed by atoms with Crippen LogP contribution in [0.4, 0.5) is 5.69 Å². The first-order valence-corrected chi connectivity index (χ1v) is 12.7. The summed E-state index contributed by atoms with van der Waals surface area (Å²) in [6, 6.07) is 15.0. The van der Waals surface area contributed by atoms with Gasteiger partial charge in [-0.2, -0.15) is 0 Å². The van der Waals surface area contributed by atoms with Gasteiger partial charge in [0.2, 0.25) is 21.8 Å². The maximum Gasteiger partial charge on any atom is 0.244 e. The number of hydrogen-bond donors (Lipinski definition) is 1. The summed E-state index contributed by atoms with van der Waals surface area (Å²) in [4.78, 5) is 27.6. The smallest absolute Gasteiger partial charge is 0.244 e. The Hall–Kier alpha value is -3.07. The van der Waals surface area contributed by atoms with Crippen LogP contribution in [0.5, 0.6) is 5.75 Å². The van der Waals surface area contributed by atoms with Gasteiger partial charge in [-0.15, -0.1) is 0 Å². The maximum absolute atomic E-state index is 13.4. The lowest BCUT2D eigenvalue weighted by atomic mass is 10.1. The molecule has 0 unspecified atom stereocenters. The van der Waals surface area contributed by atoms with Gasteiger partial charge in [0.1, 0.15) is 18.3 Å². The monoisotopic (exact) mass is 475 g/mol. The zero-order chi connectivity index (χ0) is 24.4. The average Bonchev–Trinajstić information content (AvgIpc) is 2.80. The maximum atomic E-state index is 13.4. The van der Waals surface area contributed by atoms with Crippen LogP contribution in [0, 0.1) is 0 Å². The van der Waals surface area contributed by atoms with Crippen molar-refractivity contribution in [2.24, 2.45) is 0 Å². The van der Waals surface area contributed by atoms with E-state index in [2.05, 4.69) is 5.32 Å². The fraction of sp³-hybridized carbons (Fsp3) is 0.417. The van der Waals surface area contributed by atoms with E-state index in [4.69, 9.17) is 4.74 Å². The number of nitrogens with one attached hydrogen (secondary N) is 1. The SMILES string of the molecule is CCCCNC(=O)[C@H](C)N(Cc1ccccc1)C(=O)CN(c1cccc(OC)c1)S(C)(=O)=O. The molecule has 0 aliphatic heterocycles. The first-order valence-electron chi connectivity index (χ1n) is 10.9. The van der Waals surface area contributed by atoms with E-state index in [1.54, 1.807) is 31.2 Å². The van der Waals surface area contributed by atoms with Gasteiger partial charge in [-0.25, -0.2) is 8.42 Å². The minimum Gasteiger partial charge on any atom is -0.497 e. The first kappa shape index (κ1) is 26.2. The van der Waals surface area contributed by atoms with E-state index in [1.165, 1.54) is 12.0 Å². The molecule has 0 aromatic heterocycles. The van der Waals surface area contributed by atoms with Crippen LogP contribution < -0.4 is 14.4 Å². The predicted molar refractivity (Wildman–Crippen MR) is 130 cm³/mol. The topological polar surface area (TPSA) is 96.0 Å². The van der Waals surface area contributed by atoms with Gasteiger partial charge < -0.3 is 15.0 Å². The molecule has 0 aliphatic carbocycles. The average molecular weight is 476 g/mol. The highest BCUT2D eigenvalue weighted by molar-refractivity contribution is 7.92. The first-order chi connectivity index (χ1) is 15.7. The Balaban J connectivity index is 2.33. The number of carbonyl (C=O) groups is 2. The van der Waals surface area contributed by atoms with E-state index in [-0.39, 0.29) is 12.5 Å². The van der Waals surface area contributed by atoms with Crippen molar-refractivity contribution in [2.45, 2.75) is 39.3 Å². The number of rotatable bonds is 12. The van der Waals surface area contributed by atoms with E-state index in [1.807, 2.05) is 37.3 Å². The number of hydrogen-bond acceptors (Lipinski definition) is 5. The number of methoxy groups -OCH3 is 1. The van der Waals surface area contributed by atoms with E-state index in [0.717, 1.165) is 29.0 Å². The molecule has 1 atom stereocenters. The minimum absolute atomic E-state index is 0.178. The Labute approximate surface area is 196 Å². The van der Waals surface area contributed by atoms with Crippen molar-refractivity contribution in [2.75, 3.05) is 30.8 Å². The molecule has 0 heterocycles. The predicted octanol–water partition coefficient (Wildman–Crippen LogP) is 2.79. The second-order valence-corrected chi connectivity index (χ2v) is 9.71. The number of anilines is 1. The molecule has 0 fully saturated rings. The molecule has 2 amide bonds. The van der Waals surface area contributed by atoms with Gasteiger partial charge >= 0.3 is 0 Å². The van der Waals surface area contributed by atoms with E-state index in [9.17, 15) is 18.0 Å². The van der Waals surface area contributed by atoms with Gasteiger partial charge in [0, 0.05) is 19.2 Å². The summed E-state index contributed by atoms with van der Waals surface area (Å²) in [5.74, 6) is -0.288. The summed E-state index contributed by atoms with van der Waals surface area (Å²) in [6.07, 6.45) is 2.82. The lowest BCUT2D eigenvalue weighted by Crippen LogP contribution is -2.51. The Bertz CT molecular complexity index is 1030. The van der Waals surface area contributed by atoms with Gasteiger partial charge in [0.15, 0.2) is 0 Å². The third-order valence-corrected chi connectivity index (χ3v) is 6.35. The quantitative estimate of drug-likeness (QED) is 0.476. The van der Waals surface area contributed by atoms with Crippen molar-refractivity contribution in [3.63, 3.8) is 0 Å². The van der Waals surface area contributed by atoms with Crippen LogP contribution in [0.2, 0.25) is 0 Å². The summed E-state index contributed by atoms with van der Waals surface area (Å²) in [5.41, 5.74) is 1.15. The molecular formula is C24H33N3O5S. The van der Waals surface area contributed by atoms with Crippen LogP contribution in [-0.4, -0.2) is 57.6 Å². The van der Waals surface area contributed by atoms with E-state index >= 15 is 0 Å². The van der Waals surface area contributed by atoms with Gasteiger partial charge in [-0.3, -0.25) is 13.9 Å². The van der Waals surface area contributed by atoms with E-state index in [0.29, 0.717) is 18.0 Å². The second-order valence-electron chi connectivity index (χ2n) is 7.80. The molecule has 0 spiro atoms. The lowest BCUT2D eigenvalue weighted by molar-refractivity contribution is -0.139. The third kappa shape index (κ3) is 7.78. The molecule has 2 rings (SSSR count). The largest absolute Gasteiger partial charge is 0.497 e. The zero-order valence-corrected chi connectivity index (χ0v) is 20.5. The highest BCUT2D eigenvalue weighted by Gasteiger charge is 2.30. The van der Waals surface area contributed by atoms with Gasteiger partial charge in [0.05, 0.1) is 19.1 Å². The van der Waals surface area contributed by atoms with Crippen LogP contribution >= 0.6 is 0 Å². The van der Waals surface area contributed by atoms with Crippen LogP contribution in [0.25, 0.3) is 0 Å². The number of benzene rings is 2. The van der Waals surface area contributed by atoms with E-state index < -0.39 is 28.5 Å². The number of ether oxygens (including phenoxy) is 1. The third-order valence-electron chi connectivity index (χ3n) is 5.21. The number of unbranched alkanes of at least 4 members (excludes halogenated alkanes) is 1. The summed E-state index contributed by atoms with van der Waals surface area (Å²) in [6.45, 7) is 3.94. The normalized spacial score (nSPS) is 12.0. The molecular weight excluding hydrogens is 442 g/mol. The van der Waals surface area contributed by atoms with Gasteiger partial charge in [0.25, 0.3) is 0 Å². The molecule has 0 saturated carbocycles. The van der Waals surface area contributed by atoms with Crippen LogP contribution in [-0.2, 0) is 26.2 Å². The molecule has 9 heteroatoms. The molecule has 0 saturated heterocycles. The highest BCUT2D eigenvalue weighted by Crippen LogP contribution is 2.23. The van der Waals surface area contributed by atoms with Gasteiger partial charge in [-0.1, -0.05) is 49.7 Å².